The van der Waals surface area contributed by atoms with Crippen molar-refractivity contribution in [3.63, 3.8) is 0 Å². The third-order valence-electron chi connectivity index (χ3n) is 5.09. The summed E-state index contributed by atoms with van der Waals surface area (Å²) in [6, 6.07) is 3.71. The molecule has 0 radical (unpaired) electrons. The second kappa shape index (κ2) is 6.81. The Bertz CT molecular complexity index is 733. The minimum absolute atomic E-state index is 0.107. The minimum atomic E-state index is 0.107. The van der Waals surface area contributed by atoms with Gasteiger partial charge < -0.3 is 0 Å². The first-order valence-corrected chi connectivity index (χ1v) is 8.81. The lowest BCUT2D eigenvalue weighted by atomic mass is 9.96. The second-order valence-corrected chi connectivity index (χ2v) is 7.00. The highest BCUT2D eigenvalue weighted by molar-refractivity contribution is 5.12. The quantitative estimate of drug-likeness (QED) is 0.839. The molecule has 0 bridgehead atoms. The molecule has 0 amide bonds. The summed E-state index contributed by atoms with van der Waals surface area (Å²) in [5.74, 6) is 1.09. The molecule has 2 aromatic rings. The zero-order chi connectivity index (χ0) is 16.4. The number of hydrogen-bond acceptors (Lipinski definition) is 5. The summed E-state index contributed by atoms with van der Waals surface area (Å²) in [5, 5.41) is 0. The van der Waals surface area contributed by atoms with E-state index in [0.717, 1.165) is 50.4 Å². The normalized spacial score (nSPS) is 19.5. The summed E-state index contributed by atoms with van der Waals surface area (Å²) in [5.41, 5.74) is 2.16. The van der Waals surface area contributed by atoms with Crippen LogP contribution in [0.25, 0.3) is 0 Å². The lowest BCUT2D eigenvalue weighted by Crippen LogP contribution is -2.36. The van der Waals surface area contributed by atoms with E-state index in [1.165, 1.54) is 12.8 Å². The molecule has 0 atom stereocenters. The average Bonchev–Trinajstić information content (AvgIpc) is 3.44. The molecule has 6 heteroatoms. The van der Waals surface area contributed by atoms with Crippen molar-refractivity contribution in [1.29, 1.82) is 0 Å². The monoisotopic (exact) mass is 325 g/mol. The third kappa shape index (κ3) is 3.70. The zero-order valence-corrected chi connectivity index (χ0v) is 13.8. The van der Waals surface area contributed by atoms with Crippen molar-refractivity contribution in [2.24, 2.45) is 5.92 Å². The van der Waals surface area contributed by atoms with E-state index in [0.29, 0.717) is 11.8 Å². The van der Waals surface area contributed by atoms with Gasteiger partial charge in [0.1, 0.15) is 6.33 Å². The largest absolute Gasteiger partial charge is 0.299 e. The molecule has 2 aromatic heterocycles. The van der Waals surface area contributed by atoms with Crippen LogP contribution in [0.4, 0.5) is 0 Å². The summed E-state index contributed by atoms with van der Waals surface area (Å²) >= 11 is 0. The van der Waals surface area contributed by atoms with E-state index in [1.54, 1.807) is 29.5 Å². The van der Waals surface area contributed by atoms with Gasteiger partial charge in [0, 0.05) is 31.3 Å². The number of hydrogen-bond donors (Lipinski definition) is 0. The molecule has 2 aliphatic rings. The maximum absolute atomic E-state index is 12.2. The van der Waals surface area contributed by atoms with E-state index in [9.17, 15) is 4.79 Å². The molecule has 0 aromatic carbocycles. The molecule has 3 heterocycles. The first-order valence-electron chi connectivity index (χ1n) is 8.81. The fourth-order valence-electron chi connectivity index (χ4n) is 3.43. The Labute approximate surface area is 141 Å². The van der Waals surface area contributed by atoms with Crippen molar-refractivity contribution < 1.29 is 0 Å². The van der Waals surface area contributed by atoms with Crippen molar-refractivity contribution in [2.45, 2.75) is 44.7 Å². The fraction of sp³-hybridized carbons (Fsp3) is 0.556. The Kier molecular flexibility index (Phi) is 4.38. The fourth-order valence-corrected chi connectivity index (χ4v) is 3.43. The van der Waals surface area contributed by atoms with E-state index >= 15 is 0 Å². The van der Waals surface area contributed by atoms with Crippen LogP contribution in [0.1, 0.15) is 43.0 Å². The Balaban J connectivity index is 1.31. The van der Waals surface area contributed by atoms with Crippen LogP contribution in [0.3, 0.4) is 0 Å². The Morgan fingerprint density at radius 1 is 1.12 bits per heavy atom. The lowest BCUT2D eigenvalue weighted by molar-refractivity contribution is 0.164. The average molecular weight is 325 g/mol. The van der Waals surface area contributed by atoms with Crippen LogP contribution in [0.15, 0.2) is 35.8 Å². The first kappa shape index (κ1) is 15.4. The van der Waals surface area contributed by atoms with Gasteiger partial charge in [-0.15, -0.1) is 0 Å². The predicted molar refractivity (Wildman–Crippen MR) is 90.5 cm³/mol. The van der Waals surface area contributed by atoms with Crippen molar-refractivity contribution in [1.82, 2.24) is 24.4 Å². The highest BCUT2D eigenvalue weighted by Gasteiger charge is 2.26. The first-order chi connectivity index (χ1) is 11.8. The van der Waals surface area contributed by atoms with Crippen molar-refractivity contribution in [2.75, 3.05) is 13.1 Å². The van der Waals surface area contributed by atoms with Crippen molar-refractivity contribution in [3.05, 3.63) is 52.7 Å². The van der Waals surface area contributed by atoms with Gasteiger partial charge in [0.05, 0.1) is 17.7 Å². The van der Waals surface area contributed by atoms with Crippen LogP contribution in [0, 0.1) is 5.92 Å². The standard InChI is InChI=1S/C18H23N5O/c24-18-9-17(15-1-2-15)21-13-23(18)10-14-4-7-22(8-5-14)11-16-3-6-19-12-20-16/h3,6,9,12-15H,1-2,4-5,7-8,10-11H2. The van der Waals surface area contributed by atoms with Crippen molar-refractivity contribution in [3.8, 4) is 0 Å². The number of nitrogens with zero attached hydrogens (tertiary/aromatic N) is 5. The van der Waals surface area contributed by atoms with E-state index in [4.69, 9.17) is 0 Å². The van der Waals surface area contributed by atoms with Crippen LogP contribution >= 0.6 is 0 Å². The Morgan fingerprint density at radius 2 is 1.96 bits per heavy atom. The van der Waals surface area contributed by atoms with Gasteiger partial charge in [-0.2, -0.15) is 0 Å². The summed E-state index contributed by atoms with van der Waals surface area (Å²) < 4.78 is 1.79. The number of rotatable bonds is 5. The second-order valence-electron chi connectivity index (χ2n) is 7.00. The van der Waals surface area contributed by atoms with Gasteiger partial charge in [-0.1, -0.05) is 0 Å². The zero-order valence-electron chi connectivity index (χ0n) is 13.8. The summed E-state index contributed by atoms with van der Waals surface area (Å²) in [6.07, 6.45) is 9.74. The molecule has 4 rings (SSSR count). The lowest BCUT2D eigenvalue weighted by Gasteiger charge is -2.31. The van der Waals surface area contributed by atoms with Crippen LogP contribution in [0.2, 0.25) is 0 Å². The minimum Gasteiger partial charge on any atom is -0.299 e. The van der Waals surface area contributed by atoms with E-state index in [-0.39, 0.29) is 5.56 Å². The molecule has 24 heavy (non-hydrogen) atoms. The van der Waals surface area contributed by atoms with E-state index in [2.05, 4.69) is 19.9 Å². The molecule has 1 aliphatic carbocycles. The van der Waals surface area contributed by atoms with Gasteiger partial charge in [0.2, 0.25) is 0 Å². The summed E-state index contributed by atoms with van der Waals surface area (Å²) in [6.45, 7) is 3.78. The summed E-state index contributed by atoms with van der Waals surface area (Å²) in [7, 11) is 0. The molecule has 2 fully saturated rings. The maximum atomic E-state index is 12.2. The van der Waals surface area contributed by atoms with Crippen LogP contribution < -0.4 is 5.56 Å². The van der Waals surface area contributed by atoms with Crippen LogP contribution in [0.5, 0.6) is 0 Å². The molecular formula is C18H23N5O. The maximum Gasteiger partial charge on any atom is 0.253 e. The van der Waals surface area contributed by atoms with E-state index < -0.39 is 0 Å². The molecule has 1 aliphatic heterocycles. The number of piperidine rings is 1. The molecule has 126 valence electrons. The smallest absolute Gasteiger partial charge is 0.253 e. The molecule has 0 N–H and O–H groups in total. The molecule has 1 saturated heterocycles. The van der Waals surface area contributed by atoms with Crippen LogP contribution in [-0.2, 0) is 13.1 Å². The molecule has 1 saturated carbocycles. The Hall–Kier alpha value is -2.08. The topological polar surface area (TPSA) is 63.9 Å². The molecule has 0 spiro atoms. The van der Waals surface area contributed by atoms with Gasteiger partial charge in [0.25, 0.3) is 5.56 Å². The van der Waals surface area contributed by atoms with Crippen LogP contribution in [-0.4, -0.2) is 37.5 Å². The molecule has 6 nitrogen and oxygen atoms in total. The van der Waals surface area contributed by atoms with Gasteiger partial charge in [0.15, 0.2) is 0 Å². The summed E-state index contributed by atoms with van der Waals surface area (Å²) in [4.78, 5) is 27.4. The van der Waals surface area contributed by atoms with Gasteiger partial charge in [-0.05, 0) is 50.8 Å². The molecular weight excluding hydrogens is 302 g/mol. The Morgan fingerprint density at radius 3 is 2.62 bits per heavy atom. The van der Waals surface area contributed by atoms with E-state index in [1.807, 2.05) is 6.07 Å². The van der Waals surface area contributed by atoms with Gasteiger partial charge >= 0.3 is 0 Å². The number of aromatic nitrogens is 4. The van der Waals surface area contributed by atoms with Gasteiger partial charge in [-0.25, -0.2) is 15.0 Å². The number of likely N-dealkylation sites (tertiary alicyclic amines) is 1. The third-order valence-corrected chi connectivity index (χ3v) is 5.09. The highest BCUT2D eigenvalue weighted by atomic mass is 16.1. The predicted octanol–water partition coefficient (Wildman–Crippen LogP) is 1.82. The molecule has 0 unspecified atom stereocenters. The van der Waals surface area contributed by atoms with Gasteiger partial charge in [-0.3, -0.25) is 14.3 Å². The van der Waals surface area contributed by atoms with Crippen molar-refractivity contribution >= 4 is 0 Å². The highest BCUT2D eigenvalue weighted by Crippen LogP contribution is 2.38. The SMILES string of the molecule is O=c1cc(C2CC2)ncn1CC1CCN(Cc2ccncn2)CC1.